The molecule has 2 N–H and O–H groups in total. The van der Waals surface area contributed by atoms with Gasteiger partial charge in [0, 0.05) is 11.4 Å². The summed E-state index contributed by atoms with van der Waals surface area (Å²) in [5, 5.41) is 15.8. The average Bonchev–Trinajstić information content (AvgIpc) is 3.28. The Morgan fingerprint density at radius 1 is 0.966 bits per heavy atom. The van der Waals surface area contributed by atoms with Gasteiger partial charge in [-0.2, -0.15) is 5.26 Å². The zero-order chi connectivity index (χ0) is 20.6. The minimum absolute atomic E-state index is 0.208. The summed E-state index contributed by atoms with van der Waals surface area (Å²) >= 11 is 1.31. The van der Waals surface area contributed by atoms with E-state index >= 15 is 0 Å². The van der Waals surface area contributed by atoms with Gasteiger partial charge in [0.25, 0.3) is 11.8 Å². The van der Waals surface area contributed by atoms with Crippen LogP contribution in [-0.2, 0) is 9.53 Å². The maximum Gasteiger partial charge on any atom is 0.338 e. The molecule has 0 fully saturated rings. The van der Waals surface area contributed by atoms with Gasteiger partial charge in [-0.25, -0.2) is 4.79 Å². The zero-order valence-corrected chi connectivity index (χ0v) is 15.9. The molecule has 3 rings (SSSR count). The Balaban J connectivity index is 1.54. The molecule has 2 amide bonds. The second kappa shape index (κ2) is 9.30. The van der Waals surface area contributed by atoms with Crippen LogP contribution in [0.1, 0.15) is 25.6 Å². The Hall–Kier alpha value is -3.96. The van der Waals surface area contributed by atoms with Crippen LogP contribution in [0.5, 0.6) is 0 Å². The Labute approximate surface area is 170 Å². The van der Waals surface area contributed by atoms with E-state index < -0.39 is 18.5 Å². The standard InChI is InChI=1S/C21H15N3O4S/c22-12-14-6-8-16(9-7-14)23-19(25)13-28-21(27)15-3-1-4-17(11-15)24-20(26)18-5-2-10-29-18/h1-11H,13H2,(H,23,25)(H,24,26). The average molecular weight is 405 g/mol. The fourth-order valence-corrected chi connectivity index (χ4v) is 2.98. The summed E-state index contributed by atoms with van der Waals surface area (Å²) < 4.78 is 5.03. The van der Waals surface area contributed by atoms with Crippen LogP contribution >= 0.6 is 11.3 Å². The molecule has 29 heavy (non-hydrogen) atoms. The number of ether oxygens (including phenoxy) is 1. The van der Waals surface area contributed by atoms with Crippen LogP contribution < -0.4 is 10.6 Å². The molecule has 3 aromatic rings. The monoisotopic (exact) mass is 405 g/mol. The number of hydrogen-bond acceptors (Lipinski definition) is 6. The smallest absolute Gasteiger partial charge is 0.338 e. The number of nitrogens with zero attached hydrogens (tertiary/aromatic N) is 1. The van der Waals surface area contributed by atoms with Crippen LogP contribution in [0.3, 0.4) is 0 Å². The lowest BCUT2D eigenvalue weighted by Gasteiger charge is -2.08. The fraction of sp³-hybridized carbons (Fsp3) is 0.0476. The number of carbonyl (C=O) groups is 3. The summed E-state index contributed by atoms with van der Waals surface area (Å²) in [4.78, 5) is 36.8. The summed E-state index contributed by atoms with van der Waals surface area (Å²) in [5.74, 6) is -1.47. The lowest BCUT2D eigenvalue weighted by atomic mass is 10.2. The lowest BCUT2D eigenvalue weighted by molar-refractivity contribution is -0.119. The molecule has 0 bridgehead atoms. The third kappa shape index (κ3) is 5.51. The van der Waals surface area contributed by atoms with Gasteiger partial charge in [0.1, 0.15) is 0 Å². The molecule has 7 nitrogen and oxygen atoms in total. The molecule has 1 aromatic heterocycles. The van der Waals surface area contributed by atoms with Gasteiger partial charge in [-0.05, 0) is 53.9 Å². The fourth-order valence-electron chi connectivity index (χ4n) is 2.36. The van der Waals surface area contributed by atoms with Crippen LogP contribution in [0.25, 0.3) is 0 Å². The van der Waals surface area contributed by atoms with E-state index in [1.807, 2.05) is 6.07 Å². The van der Waals surface area contributed by atoms with Crippen molar-refractivity contribution in [1.82, 2.24) is 0 Å². The van der Waals surface area contributed by atoms with Crippen LogP contribution in [0.2, 0.25) is 0 Å². The number of rotatable bonds is 6. The number of benzene rings is 2. The van der Waals surface area contributed by atoms with Crippen molar-refractivity contribution in [3.63, 3.8) is 0 Å². The van der Waals surface area contributed by atoms with Crippen molar-refractivity contribution in [3.8, 4) is 6.07 Å². The molecule has 2 aromatic carbocycles. The van der Waals surface area contributed by atoms with Crippen molar-refractivity contribution in [2.75, 3.05) is 17.2 Å². The molecular formula is C21H15N3O4S. The first-order valence-corrected chi connectivity index (χ1v) is 9.35. The maximum absolute atomic E-state index is 12.2. The molecule has 0 aliphatic heterocycles. The molecule has 0 spiro atoms. The van der Waals surface area contributed by atoms with Crippen molar-refractivity contribution >= 4 is 40.5 Å². The molecule has 0 atom stereocenters. The number of nitriles is 1. The normalized spacial score (nSPS) is 9.90. The van der Waals surface area contributed by atoms with E-state index in [4.69, 9.17) is 10.00 Å². The van der Waals surface area contributed by atoms with E-state index in [0.717, 1.165) is 0 Å². The summed E-state index contributed by atoms with van der Waals surface area (Å²) in [6.45, 7) is -0.468. The van der Waals surface area contributed by atoms with Crippen LogP contribution in [0, 0.1) is 11.3 Å². The maximum atomic E-state index is 12.2. The van der Waals surface area contributed by atoms with Gasteiger partial charge in [0.2, 0.25) is 0 Å². The van der Waals surface area contributed by atoms with E-state index in [1.165, 1.54) is 23.5 Å². The first-order chi connectivity index (χ1) is 14.0. The molecule has 0 saturated heterocycles. The summed E-state index contributed by atoms with van der Waals surface area (Å²) in [7, 11) is 0. The molecule has 0 unspecified atom stereocenters. The largest absolute Gasteiger partial charge is 0.452 e. The van der Waals surface area contributed by atoms with Crippen molar-refractivity contribution < 1.29 is 19.1 Å². The first kappa shape index (κ1) is 19.8. The number of hydrogen-bond donors (Lipinski definition) is 2. The Morgan fingerprint density at radius 3 is 2.45 bits per heavy atom. The van der Waals surface area contributed by atoms with Gasteiger partial charge >= 0.3 is 5.97 Å². The van der Waals surface area contributed by atoms with Crippen LogP contribution in [-0.4, -0.2) is 24.4 Å². The van der Waals surface area contributed by atoms with E-state index in [-0.39, 0.29) is 11.5 Å². The predicted octanol–water partition coefficient (Wildman–Crippen LogP) is 3.67. The Kier molecular flexibility index (Phi) is 6.35. The minimum atomic E-state index is -0.688. The van der Waals surface area contributed by atoms with Gasteiger partial charge < -0.3 is 15.4 Å². The number of esters is 1. The number of anilines is 2. The summed E-state index contributed by atoms with van der Waals surface area (Å²) in [5.41, 5.74) is 1.61. The Bertz CT molecular complexity index is 1070. The Morgan fingerprint density at radius 2 is 1.76 bits per heavy atom. The van der Waals surface area contributed by atoms with Crippen molar-refractivity contribution in [1.29, 1.82) is 5.26 Å². The van der Waals surface area contributed by atoms with Gasteiger partial charge in [-0.3, -0.25) is 9.59 Å². The number of thiophene rings is 1. The molecule has 0 aliphatic rings. The molecular weight excluding hydrogens is 390 g/mol. The number of nitrogens with one attached hydrogen (secondary N) is 2. The van der Waals surface area contributed by atoms with Crippen molar-refractivity contribution in [2.24, 2.45) is 0 Å². The van der Waals surface area contributed by atoms with E-state index in [0.29, 0.717) is 21.8 Å². The van der Waals surface area contributed by atoms with E-state index in [9.17, 15) is 14.4 Å². The van der Waals surface area contributed by atoms with Crippen LogP contribution in [0.15, 0.2) is 66.0 Å². The highest BCUT2D eigenvalue weighted by molar-refractivity contribution is 7.12. The molecule has 0 aliphatic carbocycles. The van der Waals surface area contributed by atoms with Crippen molar-refractivity contribution in [3.05, 3.63) is 82.0 Å². The third-order valence-corrected chi connectivity index (χ3v) is 4.60. The molecule has 1 heterocycles. The molecule has 0 saturated carbocycles. The zero-order valence-electron chi connectivity index (χ0n) is 15.0. The highest BCUT2D eigenvalue weighted by atomic mass is 32.1. The molecule has 8 heteroatoms. The molecule has 144 valence electrons. The summed E-state index contributed by atoms with van der Waals surface area (Å²) in [6.07, 6.45) is 0. The first-order valence-electron chi connectivity index (χ1n) is 8.47. The van der Waals surface area contributed by atoms with E-state index in [2.05, 4.69) is 10.6 Å². The van der Waals surface area contributed by atoms with Crippen LogP contribution in [0.4, 0.5) is 11.4 Å². The van der Waals surface area contributed by atoms with Gasteiger partial charge in [0.15, 0.2) is 6.61 Å². The number of amides is 2. The quantitative estimate of drug-likeness (QED) is 0.608. The second-order valence-corrected chi connectivity index (χ2v) is 6.77. The lowest BCUT2D eigenvalue weighted by Crippen LogP contribution is -2.21. The SMILES string of the molecule is N#Cc1ccc(NC(=O)COC(=O)c2cccc(NC(=O)c3cccs3)c2)cc1. The van der Waals surface area contributed by atoms with Gasteiger partial charge in [-0.15, -0.1) is 11.3 Å². The second-order valence-electron chi connectivity index (χ2n) is 5.83. The third-order valence-electron chi connectivity index (χ3n) is 3.73. The predicted molar refractivity (Wildman–Crippen MR) is 109 cm³/mol. The number of carbonyl (C=O) groups excluding carboxylic acids is 3. The van der Waals surface area contributed by atoms with Gasteiger partial charge in [0.05, 0.1) is 22.1 Å². The highest BCUT2D eigenvalue weighted by Crippen LogP contribution is 2.15. The summed E-state index contributed by atoms with van der Waals surface area (Å²) in [6, 6.07) is 18.0. The van der Waals surface area contributed by atoms with E-state index in [1.54, 1.807) is 53.9 Å². The van der Waals surface area contributed by atoms with Gasteiger partial charge in [-0.1, -0.05) is 12.1 Å². The topological polar surface area (TPSA) is 108 Å². The highest BCUT2D eigenvalue weighted by Gasteiger charge is 2.13. The molecule has 0 radical (unpaired) electrons. The minimum Gasteiger partial charge on any atom is -0.452 e. The van der Waals surface area contributed by atoms with Crippen molar-refractivity contribution in [2.45, 2.75) is 0 Å².